The number of amides is 2. The molecule has 5 nitrogen and oxygen atoms in total. The summed E-state index contributed by atoms with van der Waals surface area (Å²) in [5.74, 6) is -1.14. The Hall–Kier alpha value is -2.04. The summed E-state index contributed by atoms with van der Waals surface area (Å²) in [4.78, 5) is 24.5. The summed E-state index contributed by atoms with van der Waals surface area (Å²) in [6, 6.07) is 7.68. The summed E-state index contributed by atoms with van der Waals surface area (Å²) in [7, 11) is 0. The molecule has 1 saturated heterocycles. The Kier molecular flexibility index (Phi) is 4.83. The molecule has 1 aromatic carbocycles. The van der Waals surface area contributed by atoms with E-state index in [2.05, 4.69) is 12.2 Å². The second kappa shape index (κ2) is 6.61. The van der Waals surface area contributed by atoms with Gasteiger partial charge in [-0.1, -0.05) is 32.4 Å². The van der Waals surface area contributed by atoms with Gasteiger partial charge in [-0.2, -0.15) is 0 Å². The number of aliphatic carboxylic acids is 1. The molecule has 1 aliphatic heterocycles. The van der Waals surface area contributed by atoms with Crippen molar-refractivity contribution in [1.29, 1.82) is 0 Å². The Morgan fingerprint density at radius 2 is 1.95 bits per heavy atom. The maximum atomic E-state index is 12.0. The molecule has 0 aliphatic carbocycles. The molecule has 0 spiro atoms. The summed E-state index contributed by atoms with van der Waals surface area (Å²) >= 11 is 0. The van der Waals surface area contributed by atoms with E-state index in [1.54, 1.807) is 11.8 Å². The van der Waals surface area contributed by atoms with Crippen LogP contribution < -0.4 is 5.32 Å². The standard InChI is InChI=1S/C16H22N2O3/c1-3-4-12-5-7-14(8-6-12)17-16(21)18-9-13(10-18)11(2)15(19)20/h5-8,11,13H,3-4,9-10H2,1-2H3,(H,17,21)(H,19,20). The number of benzene rings is 1. The van der Waals surface area contributed by atoms with Crippen LogP contribution in [0.4, 0.5) is 10.5 Å². The zero-order chi connectivity index (χ0) is 15.4. The minimum absolute atomic E-state index is 0.0557. The lowest BCUT2D eigenvalue weighted by Gasteiger charge is -2.41. The van der Waals surface area contributed by atoms with Crippen molar-refractivity contribution >= 4 is 17.7 Å². The van der Waals surface area contributed by atoms with Crippen LogP contribution in [0.3, 0.4) is 0 Å². The lowest BCUT2D eigenvalue weighted by atomic mass is 9.87. The third kappa shape index (κ3) is 3.74. The highest BCUT2D eigenvalue weighted by Gasteiger charge is 2.37. The van der Waals surface area contributed by atoms with Crippen molar-refractivity contribution in [3.63, 3.8) is 0 Å². The fraction of sp³-hybridized carbons (Fsp3) is 0.500. The molecule has 5 heteroatoms. The van der Waals surface area contributed by atoms with E-state index in [1.165, 1.54) is 5.56 Å². The van der Waals surface area contributed by atoms with Gasteiger partial charge in [0, 0.05) is 24.7 Å². The minimum atomic E-state index is -0.799. The SMILES string of the molecule is CCCc1ccc(NC(=O)N2CC(C(C)C(=O)O)C2)cc1. The lowest BCUT2D eigenvalue weighted by Crippen LogP contribution is -2.54. The maximum Gasteiger partial charge on any atom is 0.321 e. The molecule has 0 aromatic heterocycles. The van der Waals surface area contributed by atoms with E-state index >= 15 is 0 Å². The number of carboxylic acid groups (broad SMARTS) is 1. The summed E-state index contributed by atoms with van der Waals surface area (Å²) < 4.78 is 0. The van der Waals surface area contributed by atoms with Crippen LogP contribution in [0.2, 0.25) is 0 Å². The fourth-order valence-corrected chi connectivity index (χ4v) is 2.44. The summed E-state index contributed by atoms with van der Waals surface area (Å²) in [5, 5.41) is 11.8. The predicted octanol–water partition coefficient (Wildman–Crippen LogP) is 2.82. The van der Waals surface area contributed by atoms with Gasteiger partial charge in [-0.3, -0.25) is 4.79 Å². The first-order chi connectivity index (χ1) is 10.0. The molecule has 2 amide bonds. The second-order valence-corrected chi connectivity index (χ2v) is 5.67. The Morgan fingerprint density at radius 1 is 1.33 bits per heavy atom. The van der Waals surface area contributed by atoms with Crippen LogP contribution >= 0.6 is 0 Å². The van der Waals surface area contributed by atoms with E-state index in [0.29, 0.717) is 13.1 Å². The van der Waals surface area contributed by atoms with Gasteiger partial charge in [0.25, 0.3) is 0 Å². The number of rotatable bonds is 5. The highest BCUT2D eigenvalue weighted by atomic mass is 16.4. The summed E-state index contributed by atoms with van der Waals surface area (Å²) in [5.41, 5.74) is 2.03. The topological polar surface area (TPSA) is 69.6 Å². The molecule has 2 rings (SSSR count). The monoisotopic (exact) mass is 290 g/mol. The van der Waals surface area contributed by atoms with Crippen molar-refractivity contribution in [1.82, 2.24) is 4.90 Å². The normalized spacial score (nSPS) is 16.2. The average Bonchev–Trinajstić information content (AvgIpc) is 2.39. The largest absolute Gasteiger partial charge is 0.481 e. The van der Waals surface area contributed by atoms with Gasteiger partial charge in [-0.25, -0.2) is 4.79 Å². The van der Waals surface area contributed by atoms with Gasteiger partial charge in [0.15, 0.2) is 0 Å². The van der Waals surface area contributed by atoms with Crippen LogP contribution in [0.15, 0.2) is 24.3 Å². The molecule has 0 radical (unpaired) electrons. The molecule has 2 N–H and O–H groups in total. The first-order valence-electron chi connectivity index (χ1n) is 7.39. The smallest absolute Gasteiger partial charge is 0.321 e. The van der Waals surface area contributed by atoms with Crippen LogP contribution in [0.5, 0.6) is 0 Å². The summed E-state index contributed by atoms with van der Waals surface area (Å²) in [6.45, 7) is 4.84. The molecule has 114 valence electrons. The first-order valence-corrected chi connectivity index (χ1v) is 7.39. The van der Waals surface area contributed by atoms with Crippen LogP contribution in [-0.2, 0) is 11.2 Å². The van der Waals surface area contributed by atoms with E-state index in [9.17, 15) is 9.59 Å². The van der Waals surface area contributed by atoms with Crippen molar-refractivity contribution in [2.75, 3.05) is 18.4 Å². The molecule has 1 heterocycles. The fourth-order valence-electron chi connectivity index (χ4n) is 2.44. The van der Waals surface area contributed by atoms with Crippen molar-refractivity contribution < 1.29 is 14.7 Å². The van der Waals surface area contributed by atoms with Gasteiger partial charge in [-0.05, 0) is 24.1 Å². The second-order valence-electron chi connectivity index (χ2n) is 5.67. The Morgan fingerprint density at radius 3 is 2.48 bits per heavy atom. The van der Waals surface area contributed by atoms with Crippen molar-refractivity contribution in [2.24, 2.45) is 11.8 Å². The highest BCUT2D eigenvalue weighted by Crippen LogP contribution is 2.24. The molecule has 1 fully saturated rings. The van der Waals surface area contributed by atoms with E-state index in [1.807, 2.05) is 24.3 Å². The number of carbonyl (C=O) groups excluding carboxylic acids is 1. The molecule has 0 bridgehead atoms. The van der Waals surface area contributed by atoms with Gasteiger partial charge in [0.2, 0.25) is 0 Å². The molecular formula is C16H22N2O3. The molecule has 1 atom stereocenters. The molecule has 21 heavy (non-hydrogen) atoms. The number of aryl methyl sites for hydroxylation is 1. The Labute approximate surface area is 125 Å². The van der Waals surface area contributed by atoms with Gasteiger partial charge in [-0.15, -0.1) is 0 Å². The van der Waals surface area contributed by atoms with Crippen LogP contribution in [0.1, 0.15) is 25.8 Å². The Bertz CT molecular complexity index is 507. The lowest BCUT2D eigenvalue weighted by molar-refractivity contribution is -0.144. The molecule has 1 aromatic rings. The average molecular weight is 290 g/mol. The first kappa shape index (κ1) is 15.4. The van der Waals surface area contributed by atoms with E-state index in [4.69, 9.17) is 5.11 Å². The maximum absolute atomic E-state index is 12.0. The number of anilines is 1. The van der Waals surface area contributed by atoms with Crippen molar-refractivity contribution in [3.8, 4) is 0 Å². The minimum Gasteiger partial charge on any atom is -0.481 e. The third-order valence-corrected chi connectivity index (χ3v) is 4.04. The van der Waals surface area contributed by atoms with Gasteiger partial charge in [0.05, 0.1) is 5.92 Å². The van der Waals surface area contributed by atoms with Gasteiger partial charge < -0.3 is 15.3 Å². The number of likely N-dealkylation sites (tertiary alicyclic amines) is 1. The molecule has 1 aliphatic rings. The van der Waals surface area contributed by atoms with Crippen molar-refractivity contribution in [2.45, 2.75) is 26.7 Å². The van der Waals surface area contributed by atoms with Crippen molar-refractivity contribution in [3.05, 3.63) is 29.8 Å². The number of hydrogen-bond acceptors (Lipinski definition) is 2. The van der Waals surface area contributed by atoms with Crippen LogP contribution in [-0.4, -0.2) is 35.1 Å². The van der Waals surface area contributed by atoms with E-state index in [-0.39, 0.29) is 11.9 Å². The van der Waals surface area contributed by atoms with E-state index < -0.39 is 11.9 Å². The molecular weight excluding hydrogens is 268 g/mol. The quantitative estimate of drug-likeness (QED) is 0.876. The highest BCUT2D eigenvalue weighted by molar-refractivity contribution is 5.90. The third-order valence-electron chi connectivity index (χ3n) is 4.04. The van der Waals surface area contributed by atoms with Gasteiger partial charge in [0.1, 0.15) is 0 Å². The van der Waals surface area contributed by atoms with E-state index in [0.717, 1.165) is 18.5 Å². The zero-order valence-corrected chi connectivity index (χ0v) is 12.5. The van der Waals surface area contributed by atoms with Crippen LogP contribution in [0, 0.1) is 11.8 Å². The zero-order valence-electron chi connectivity index (χ0n) is 12.5. The number of carbonyl (C=O) groups is 2. The summed E-state index contributed by atoms with van der Waals surface area (Å²) in [6.07, 6.45) is 2.14. The van der Waals surface area contributed by atoms with Crippen LogP contribution in [0.25, 0.3) is 0 Å². The molecule has 1 unspecified atom stereocenters. The number of nitrogens with zero attached hydrogens (tertiary/aromatic N) is 1. The predicted molar refractivity (Wildman–Crippen MR) is 81.3 cm³/mol. The number of urea groups is 1. The number of carboxylic acids is 1. The molecule has 0 saturated carbocycles. The number of nitrogens with one attached hydrogen (secondary N) is 1. The Balaban J connectivity index is 1.82. The number of hydrogen-bond donors (Lipinski definition) is 2. The van der Waals surface area contributed by atoms with Gasteiger partial charge >= 0.3 is 12.0 Å².